The standard InChI is InChI=1S/C20H26O2/c1-13-10-16(6-8-18(13)21)15(3)12-20(4,5)17-7-9-19(22)14(2)11-17/h6-11,15,21-22H,12H2,1-5H3. The lowest BCUT2D eigenvalue weighted by Gasteiger charge is -2.29. The van der Waals surface area contributed by atoms with Crippen LogP contribution in [-0.2, 0) is 5.41 Å². The minimum Gasteiger partial charge on any atom is -0.508 e. The molecule has 0 radical (unpaired) electrons. The number of phenols is 2. The average Bonchev–Trinajstić information content (AvgIpc) is 2.44. The number of phenolic OH excluding ortho intramolecular Hbond substituents is 2. The molecule has 0 heterocycles. The molecular weight excluding hydrogens is 272 g/mol. The first-order chi connectivity index (χ1) is 10.2. The van der Waals surface area contributed by atoms with Crippen molar-refractivity contribution in [2.24, 2.45) is 0 Å². The Morgan fingerprint density at radius 1 is 0.909 bits per heavy atom. The van der Waals surface area contributed by atoms with Gasteiger partial charge in [0, 0.05) is 0 Å². The largest absolute Gasteiger partial charge is 0.508 e. The van der Waals surface area contributed by atoms with E-state index in [2.05, 4.69) is 32.9 Å². The average molecular weight is 298 g/mol. The molecule has 2 nitrogen and oxygen atoms in total. The molecule has 0 saturated heterocycles. The summed E-state index contributed by atoms with van der Waals surface area (Å²) in [6, 6.07) is 11.7. The predicted octanol–water partition coefficient (Wildman–Crippen LogP) is 5.19. The Kier molecular flexibility index (Phi) is 4.50. The summed E-state index contributed by atoms with van der Waals surface area (Å²) in [5.41, 5.74) is 4.34. The molecule has 0 spiro atoms. The van der Waals surface area contributed by atoms with Crippen LogP contribution in [0.25, 0.3) is 0 Å². The summed E-state index contributed by atoms with van der Waals surface area (Å²) in [6.45, 7) is 10.6. The van der Waals surface area contributed by atoms with Crippen molar-refractivity contribution in [2.75, 3.05) is 0 Å². The molecule has 0 aliphatic heterocycles. The maximum Gasteiger partial charge on any atom is 0.118 e. The van der Waals surface area contributed by atoms with Crippen molar-refractivity contribution < 1.29 is 10.2 Å². The quantitative estimate of drug-likeness (QED) is 0.816. The van der Waals surface area contributed by atoms with Crippen molar-refractivity contribution in [1.82, 2.24) is 0 Å². The maximum absolute atomic E-state index is 9.70. The van der Waals surface area contributed by atoms with Gasteiger partial charge in [-0.1, -0.05) is 45.0 Å². The van der Waals surface area contributed by atoms with Gasteiger partial charge in [0.05, 0.1) is 0 Å². The highest BCUT2D eigenvalue weighted by Gasteiger charge is 2.24. The van der Waals surface area contributed by atoms with E-state index >= 15 is 0 Å². The minimum atomic E-state index is 0.0175. The van der Waals surface area contributed by atoms with Crippen LogP contribution in [0.3, 0.4) is 0 Å². The summed E-state index contributed by atoms with van der Waals surface area (Å²) in [6.07, 6.45) is 1.00. The molecule has 0 aliphatic rings. The van der Waals surface area contributed by atoms with E-state index < -0.39 is 0 Å². The summed E-state index contributed by atoms with van der Waals surface area (Å²) < 4.78 is 0. The zero-order chi connectivity index (χ0) is 16.5. The molecule has 0 bridgehead atoms. The zero-order valence-electron chi connectivity index (χ0n) is 14.1. The topological polar surface area (TPSA) is 40.5 Å². The van der Waals surface area contributed by atoms with Crippen molar-refractivity contribution >= 4 is 0 Å². The second-order valence-electron chi connectivity index (χ2n) is 7.04. The third-order valence-electron chi connectivity index (χ3n) is 4.58. The Bertz CT molecular complexity index is 671. The Labute approximate surface area is 133 Å². The number of benzene rings is 2. The van der Waals surface area contributed by atoms with E-state index in [1.54, 1.807) is 12.1 Å². The molecule has 0 amide bonds. The van der Waals surface area contributed by atoms with Crippen LogP contribution >= 0.6 is 0 Å². The summed E-state index contributed by atoms with van der Waals surface area (Å²) >= 11 is 0. The van der Waals surface area contributed by atoms with Gasteiger partial charge in [-0.15, -0.1) is 0 Å². The molecular formula is C20H26O2. The van der Waals surface area contributed by atoms with Crippen LogP contribution in [0.1, 0.15) is 55.4 Å². The van der Waals surface area contributed by atoms with E-state index in [1.165, 1.54) is 11.1 Å². The first-order valence-corrected chi connectivity index (χ1v) is 7.80. The fourth-order valence-corrected chi connectivity index (χ4v) is 3.06. The summed E-state index contributed by atoms with van der Waals surface area (Å²) in [4.78, 5) is 0. The molecule has 2 aromatic rings. The highest BCUT2D eigenvalue weighted by Crippen LogP contribution is 2.36. The van der Waals surface area contributed by atoms with Gasteiger partial charge in [0.15, 0.2) is 0 Å². The maximum atomic E-state index is 9.70. The van der Waals surface area contributed by atoms with Gasteiger partial charge in [-0.3, -0.25) is 0 Å². The van der Waals surface area contributed by atoms with Gasteiger partial charge in [0.25, 0.3) is 0 Å². The number of aryl methyl sites for hydroxylation is 2. The monoisotopic (exact) mass is 298 g/mol. The lowest BCUT2D eigenvalue weighted by molar-refractivity contribution is 0.434. The highest BCUT2D eigenvalue weighted by molar-refractivity contribution is 5.39. The number of aromatic hydroxyl groups is 2. The van der Waals surface area contributed by atoms with Crippen LogP contribution in [-0.4, -0.2) is 10.2 Å². The van der Waals surface area contributed by atoms with E-state index in [9.17, 15) is 10.2 Å². The van der Waals surface area contributed by atoms with E-state index in [0.717, 1.165) is 17.5 Å². The second-order valence-corrected chi connectivity index (χ2v) is 7.04. The van der Waals surface area contributed by atoms with Gasteiger partial charge in [0.1, 0.15) is 11.5 Å². The van der Waals surface area contributed by atoms with Crippen LogP contribution in [0.15, 0.2) is 36.4 Å². The predicted molar refractivity (Wildman–Crippen MR) is 91.7 cm³/mol. The lowest BCUT2D eigenvalue weighted by Crippen LogP contribution is -2.20. The summed E-state index contributed by atoms with van der Waals surface area (Å²) in [5, 5.41) is 19.4. The van der Waals surface area contributed by atoms with E-state index in [1.807, 2.05) is 26.0 Å². The molecule has 2 aromatic carbocycles. The number of hydrogen-bond donors (Lipinski definition) is 2. The Balaban J connectivity index is 2.22. The Hall–Kier alpha value is -1.96. The van der Waals surface area contributed by atoms with Gasteiger partial charge >= 0.3 is 0 Å². The number of rotatable bonds is 4. The first-order valence-electron chi connectivity index (χ1n) is 7.80. The molecule has 0 aliphatic carbocycles. The Morgan fingerprint density at radius 2 is 1.45 bits per heavy atom. The lowest BCUT2D eigenvalue weighted by atomic mass is 9.75. The van der Waals surface area contributed by atoms with Crippen molar-refractivity contribution in [3.8, 4) is 11.5 Å². The smallest absolute Gasteiger partial charge is 0.118 e. The molecule has 0 fully saturated rings. The fourth-order valence-electron chi connectivity index (χ4n) is 3.06. The van der Waals surface area contributed by atoms with Gasteiger partial charge in [0.2, 0.25) is 0 Å². The molecule has 0 aromatic heterocycles. The second kappa shape index (κ2) is 6.04. The van der Waals surface area contributed by atoms with Crippen molar-refractivity contribution in [1.29, 1.82) is 0 Å². The van der Waals surface area contributed by atoms with Crippen LogP contribution in [0, 0.1) is 13.8 Å². The third kappa shape index (κ3) is 3.44. The van der Waals surface area contributed by atoms with Gasteiger partial charge in [-0.25, -0.2) is 0 Å². The molecule has 1 atom stereocenters. The normalized spacial score (nSPS) is 13.1. The molecule has 22 heavy (non-hydrogen) atoms. The van der Waals surface area contributed by atoms with Crippen LogP contribution < -0.4 is 0 Å². The van der Waals surface area contributed by atoms with E-state index in [4.69, 9.17) is 0 Å². The van der Waals surface area contributed by atoms with Crippen LogP contribution in [0.5, 0.6) is 11.5 Å². The van der Waals surface area contributed by atoms with Gasteiger partial charge in [-0.2, -0.15) is 0 Å². The zero-order valence-corrected chi connectivity index (χ0v) is 14.1. The van der Waals surface area contributed by atoms with Crippen molar-refractivity contribution in [3.05, 3.63) is 58.7 Å². The minimum absolute atomic E-state index is 0.0175. The molecule has 118 valence electrons. The fraction of sp³-hybridized carbons (Fsp3) is 0.400. The third-order valence-corrected chi connectivity index (χ3v) is 4.58. The molecule has 2 N–H and O–H groups in total. The molecule has 2 rings (SSSR count). The number of hydrogen-bond acceptors (Lipinski definition) is 2. The first kappa shape index (κ1) is 16.4. The van der Waals surface area contributed by atoms with Crippen molar-refractivity contribution in [2.45, 2.75) is 52.4 Å². The van der Waals surface area contributed by atoms with Gasteiger partial charge < -0.3 is 10.2 Å². The van der Waals surface area contributed by atoms with Crippen LogP contribution in [0.2, 0.25) is 0 Å². The Morgan fingerprint density at radius 3 is 2.00 bits per heavy atom. The SMILES string of the molecule is Cc1cc(C(C)CC(C)(C)c2ccc(O)c(C)c2)ccc1O. The van der Waals surface area contributed by atoms with Crippen molar-refractivity contribution in [3.63, 3.8) is 0 Å². The molecule has 2 heteroatoms. The highest BCUT2D eigenvalue weighted by atomic mass is 16.3. The summed E-state index contributed by atoms with van der Waals surface area (Å²) in [7, 11) is 0. The van der Waals surface area contributed by atoms with Crippen LogP contribution in [0.4, 0.5) is 0 Å². The molecule has 1 unspecified atom stereocenters. The van der Waals surface area contributed by atoms with E-state index in [-0.39, 0.29) is 5.41 Å². The van der Waals surface area contributed by atoms with E-state index in [0.29, 0.717) is 17.4 Å². The summed E-state index contributed by atoms with van der Waals surface area (Å²) in [5.74, 6) is 1.09. The molecule has 0 saturated carbocycles. The van der Waals surface area contributed by atoms with Gasteiger partial charge in [-0.05, 0) is 66.0 Å².